The summed E-state index contributed by atoms with van der Waals surface area (Å²) >= 11 is 0. The Morgan fingerprint density at radius 3 is 2.63 bits per heavy atom. The van der Waals surface area contributed by atoms with Gasteiger partial charge in [0, 0.05) is 11.9 Å². The SMILES string of the molecule is CCCCc1ccc(Nc2nccc(CO)n2)cc1. The number of hydrogen-bond donors (Lipinski definition) is 2. The average molecular weight is 257 g/mol. The predicted molar refractivity (Wildman–Crippen MR) is 76.3 cm³/mol. The molecule has 19 heavy (non-hydrogen) atoms. The molecule has 0 saturated carbocycles. The van der Waals surface area contributed by atoms with Gasteiger partial charge in [-0.1, -0.05) is 25.5 Å². The second-order valence-corrected chi connectivity index (χ2v) is 4.46. The monoisotopic (exact) mass is 257 g/mol. The fraction of sp³-hybridized carbons (Fsp3) is 0.333. The molecule has 4 nitrogen and oxygen atoms in total. The van der Waals surface area contributed by atoms with E-state index in [0.717, 1.165) is 12.1 Å². The molecule has 0 aliphatic carbocycles. The van der Waals surface area contributed by atoms with Crippen LogP contribution in [0.5, 0.6) is 0 Å². The molecule has 2 rings (SSSR count). The highest BCUT2D eigenvalue weighted by atomic mass is 16.3. The summed E-state index contributed by atoms with van der Waals surface area (Å²) in [5, 5.41) is 12.2. The van der Waals surface area contributed by atoms with Crippen molar-refractivity contribution < 1.29 is 5.11 Å². The van der Waals surface area contributed by atoms with Gasteiger partial charge in [0.1, 0.15) is 0 Å². The van der Waals surface area contributed by atoms with Gasteiger partial charge in [-0.05, 0) is 36.6 Å². The van der Waals surface area contributed by atoms with Crippen LogP contribution in [0.25, 0.3) is 0 Å². The van der Waals surface area contributed by atoms with Gasteiger partial charge >= 0.3 is 0 Å². The Morgan fingerprint density at radius 2 is 1.95 bits per heavy atom. The van der Waals surface area contributed by atoms with Crippen molar-refractivity contribution in [3.63, 3.8) is 0 Å². The Labute approximate surface area is 113 Å². The van der Waals surface area contributed by atoms with Crippen molar-refractivity contribution in [3.05, 3.63) is 47.8 Å². The van der Waals surface area contributed by atoms with Crippen molar-refractivity contribution in [2.24, 2.45) is 0 Å². The number of hydrogen-bond acceptors (Lipinski definition) is 4. The van der Waals surface area contributed by atoms with Crippen LogP contribution in [0.1, 0.15) is 31.0 Å². The molecule has 0 atom stereocenters. The van der Waals surface area contributed by atoms with E-state index >= 15 is 0 Å². The molecule has 2 N–H and O–H groups in total. The van der Waals surface area contributed by atoms with E-state index in [9.17, 15) is 0 Å². The first kappa shape index (κ1) is 13.5. The minimum absolute atomic E-state index is 0.0762. The molecule has 1 aromatic heterocycles. The van der Waals surface area contributed by atoms with Crippen molar-refractivity contribution in [1.82, 2.24) is 9.97 Å². The van der Waals surface area contributed by atoms with Crippen LogP contribution < -0.4 is 5.32 Å². The van der Waals surface area contributed by atoms with Crippen molar-refractivity contribution in [3.8, 4) is 0 Å². The Bertz CT molecular complexity index is 511. The highest BCUT2D eigenvalue weighted by Gasteiger charge is 2.00. The van der Waals surface area contributed by atoms with Gasteiger partial charge in [-0.15, -0.1) is 0 Å². The Morgan fingerprint density at radius 1 is 1.16 bits per heavy atom. The second-order valence-electron chi connectivity index (χ2n) is 4.46. The summed E-state index contributed by atoms with van der Waals surface area (Å²) in [7, 11) is 0. The lowest BCUT2D eigenvalue weighted by Gasteiger charge is -2.06. The number of nitrogens with one attached hydrogen (secondary N) is 1. The first-order chi connectivity index (χ1) is 9.31. The zero-order valence-electron chi connectivity index (χ0n) is 11.1. The maximum atomic E-state index is 9.03. The number of benzene rings is 1. The van der Waals surface area contributed by atoms with Crippen molar-refractivity contribution >= 4 is 11.6 Å². The number of aryl methyl sites for hydroxylation is 1. The van der Waals surface area contributed by atoms with E-state index in [1.54, 1.807) is 12.3 Å². The van der Waals surface area contributed by atoms with Gasteiger partial charge in [-0.3, -0.25) is 0 Å². The van der Waals surface area contributed by atoms with Crippen LogP contribution >= 0.6 is 0 Å². The number of rotatable bonds is 6. The maximum Gasteiger partial charge on any atom is 0.227 e. The van der Waals surface area contributed by atoms with Crippen LogP contribution in [0.15, 0.2) is 36.5 Å². The largest absolute Gasteiger partial charge is 0.390 e. The number of aliphatic hydroxyl groups excluding tert-OH is 1. The summed E-state index contributed by atoms with van der Waals surface area (Å²) < 4.78 is 0. The highest BCUT2D eigenvalue weighted by molar-refractivity contribution is 5.53. The summed E-state index contributed by atoms with van der Waals surface area (Å²) in [6.07, 6.45) is 5.18. The number of aromatic nitrogens is 2. The third-order valence-electron chi connectivity index (χ3n) is 2.90. The van der Waals surface area contributed by atoms with E-state index in [2.05, 4.69) is 34.3 Å². The average Bonchev–Trinajstić information content (AvgIpc) is 2.47. The van der Waals surface area contributed by atoms with E-state index in [1.165, 1.54) is 18.4 Å². The van der Waals surface area contributed by atoms with Crippen LogP contribution in [-0.2, 0) is 13.0 Å². The van der Waals surface area contributed by atoms with Gasteiger partial charge < -0.3 is 10.4 Å². The van der Waals surface area contributed by atoms with Crippen LogP contribution in [-0.4, -0.2) is 15.1 Å². The number of unbranched alkanes of at least 4 members (excludes halogenated alkanes) is 1. The molecule has 0 amide bonds. The molecule has 1 aromatic carbocycles. The molecule has 2 aromatic rings. The van der Waals surface area contributed by atoms with Crippen LogP contribution in [0.4, 0.5) is 11.6 Å². The molecule has 0 aliphatic rings. The third kappa shape index (κ3) is 4.03. The molecule has 0 radical (unpaired) electrons. The molecule has 1 heterocycles. The van der Waals surface area contributed by atoms with E-state index < -0.39 is 0 Å². The molecule has 0 fully saturated rings. The Kier molecular flexibility index (Phi) is 4.86. The standard InChI is InChI=1S/C15H19N3O/c1-2-3-4-12-5-7-13(8-6-12)17-15-16-10-9-14(11-19)18-15/h5-10,19H,2-4,11H2,1H3,(H,16,17,18). The minimum Gasteiger partial charge on any atom is -0.390 e. The van der Waals surface area contributed by atoms with Gasteiger partial charge in [0.25, 0.3) is 0 Å². The summed E-state index contributed by atoms with van der Waals surface area (Å²) in [6.45, 7) is 2.12. The zero-order valence-corrected chi connectivity index (χ0v) is 11.1. The fourth-order valence-corrected chi connectivity index (χ4v) is 1.81. The van der Waals surface area contributed by atoms with Gasteiger partial charge in [-0.25, -0.2) is 9.97 Å². The summed E-state index contributed by atoms with van der Waals surface area (Å²) in [5.41, 5.74) is 2.91. The zero-order chi connectivity index (χ0) is 13.5. The lowest BCUT2D eigenvalue weighted by Crippen LogP contribution is -1.99. The number of nitrogens with zero attached hydrogens (tertiary/aromatic N) is 2. The van der Waals surface area contributed by atoms with Gasteiger partial charge in [-0.2, -0.15) is 0 Å². The molecule has 0 saturated heterocycles. The molecule has 0 unspecified atom stereocenters. The molecule has 0 spiro atoms. The van der Waals surface area contributed by atoms with Gasteiger partial charge in [0.15, 0.2) is 0 Å². The highest BCUT2D eigenvalue weighted by Crippen LogP contribution is 2.15. The predicted octanol–water partition coefficient (Wildman–Crippen LogP) is 3.06. The lowest BCUT2D eigenvalue weighted by molar-refractivity contribution is 0.277. The second kappa shape index (κ2) is 6.85. The van der Waals surface area contributed by atoms with Crippen molar-refractivity contribution in [2.45, 2.75) is 32.8 Å². The van der Waals surface area contributed by atoms with E-state index in [4.69, 9.17) is 5.11 Å². The van der Waals surface area contributed by atoms with E-state index in [-0.39, 0.29) is 6.61 Å². The third-order valence-corrected chi connectivity index (χ3v) is 2.90. The Balaban J connectivity index is 2.02. The first-order valence-corrected chi connectivity index (χ1v) is 6.60. The molecular weight excluding hydrogens is 238 g/mol. The van der Waals surface area contributed by atoms with Gasteiger partial charge in [0.05, 0.1) is 12.3 Å². The summed E-state index contributed by atoms with van der Waals surface area (Å²) in [5.74, 6) is 0.507. The molecule has 100 valence electrons. The maximum absolute atomic E-state index is 9.03. The smallest absolute Gasteiger partial charge is 0.227 e. The molecular formula is C15H19N3O. The molecule has 4 heteroatoms. The quantitative estimate of drug-likeness (QED) is 0.835. The lowest BCUT2D eigenvalue weighted by atomic mass is 10.1. The van der Waals surface area contributed by atoms with Crippen molar-refractivity contribution in [2.75, 3.05) is 5.32 Å². The fourth-order valence-electron chi connectivity index (χ4n) is 1.81. The summed E-state index contributed by atoms with van der Waals surface area (Å²) in [6, 6.07) is 9.99. The van der Waals surface area contributed by atoms with E-state index in [0.29, 0.717) is 11.6 Å². The van der Waals surface area contributed by atoms with E-state index in [1.807, 2.05) is 12.1 Å². The molecule has 0 aliphatic heterocycles. The first-order valence-electron chi connectivity index (χ1n) is 6.60. The topological polar surface area (TPSA) is 58.0 Å². The summed E-state index contributed by atoms with van der Waals surface area (Å²) in [4.78, 5) is 8.31. The minimum atomic E-state index is -0.0762. The van der Waals surface area contributed by atoms with Gasteiger partial charge in [0.2, 0.25) is 5.95 Å². The van der Waals surface area contributed by atoms with Crippen LogP contribution in [0.3, 0.4) is 0 Å². The number of aliphatic hydroxyl groups is 1. The molecule has 0 bridgehead atoms. The number of anilines is 2. The van der Waals surface area contributed by atoms with Crippen molar-refractivity contribution in [1.29, 1.82) is 0 Å². The van der Waals surface area contributed by atoms with Crippen LogP contribution in [0.2, 0.25) is 0 Å². The normalized spacial score (nSPS) is 10.4. The van der Waals surface area contributed by atoms with Crippen LogP contribution in [0, 0.1) is 0 Å². The Hall–Kier alpha value is -1.94.